The molecule has 0 heterocycles. The molecular formula is C64H122NO8P. The van der Waals surface area contributed by atoms with Crippen LogP contribution in [0.25, 0.3) is 0 Å². The van der Waals surface area contributed by atoms with Gasteiger partial charge in [-0.2, -0.15) is 0 Å². The number of nitrogens with zero attached hydrogens (tertiary/aromatic N) is 1. The standard InChI is InChI=1S/C64H122NO8P/c1-6-8-10-12-14-16-18-20-22-24-26-28-30-31-32-33-35-37-39-41-43-45-47-49-51-53-55-57-64(67)73-62(61-72-74(68,69)71-59-58-65(3,4)5)60-70-63(66)56-54-52-50-48-46-44-42-40-38-36-34-29-27-25-23-21-19-17-15-13-11-9-7-2/h18,20,24,26,30-31,62H,6-17,19,21-23,25,27-29,32-61H2,1-5H3/b20-18-,26-24-,31-30-. The molecule has 10 heteroatoms. The molecule has 0 aromatic carbocycles. The maximum Gasteiger partial charge on any atom is 0.306 e. The molecule has 0 amide bonds. The molecule has 0 bridgehead atoms. The van der Waals surface area contributed by atoms with E-state index >= 15 is 0 Å². The van der Waals surface area contributed by atoms with E-state index in [1.165, 1.54) is 225 Å². The normalized spacial score (nSPS) is 13.4. The molecule has 0 spiro atoms. The highest BCUT2D eigenvalue weighted by Gasteiger charge is 2.22. The van der Waals surface area contributed by atoms with Crippen LogP contribution in [0.1, 0.15) is 309 Å². The van der Waals surface area contributed by atoms with Crippen LogP contribution in [0.5, 0.6) is 0 Å². The number of ether oxygens (including phenoxy) is 2. The van der Waals surface area contributed by atoms with Crippen molar-refractivity contribution in [1.29, 1.82) is 0 Å². The molecule has 0 aliphatic rings. The van der Waals surface area contributed by atoms with Gasteiger partial charge in [0.05, 0.1) is 27.7 Å². The first-order valence-electron chi connectivity index (χ1n) is 31.7. The molecule has 0 saturated heterocycles. The zero-order valence-electron chi connectivity index (χ0n) is 49.6. The fraction of sp³-hybridized carbons (Fsp3) is 0.875. The zero-order chi connectivity index (χ0) is 54.2. The van der Waals surface area contributed by atoms with Gasteiger partial charge in [-0.05, 0) is 51.4 Å². The molecule has 0 aromatic rings. The number of carbonyl (C=O) groups excluding carboxylic acids is 2. The van der Waals surface area contributed by atoms with Crippen molar-refractivity contribution < 1.29 is 42.1 Å². The number of likely N-dealkylation sites (N-methyl/N-ethyl adjacent to an activating group) is 1. The summed E-state index contributed by atoms with van der Waals surface area (Å²) in [7, 11) is 1.18. The van der Waals surface area contributed by atoms with Crippen LogP contribution >= 0.6 is 7.82 Å². The number of quaternary nitrogens is 1. The van der Waals surface area contributed by atoms with Crippen LogP contribution < -0.4 is 4.89 Å². The van der Waals surface area contributed by atoms with E-state index in [-0.39, 0.29) is 32.0 Å². The van der Waals surface area contributed by atoms with Crippen LogP contribution in [-0.2, 0) is 32.7 Å². The van der Waals surface area contributed by atoms with Gasteiger partial charge in [0.2, 0.25) is 0 Å². The Morgan fingerprint density at radius 3 is 1.08 bits per heavy atom. The number of esters is 2. The Morgan fingerprint density at radius 2 is 0.730 bits per heavy atom. The maximum atomic E-state index is 12.8. The molecular weight excluding hydrogens is 942 g/mol. The fourth-order valence-corrected chi connectivity index (χ4v) is 9.98. The molecule has 0 rings (SSSR count). The number of carbonyl (C=O) groups is 2. The molecule has 2 atom stereocenters. The molecule has 9 nitrogen and oxygen atoms in total. The smallest absolute Gasteiger partial charge is 0.306 e. The molecule has 436 valence electrons. The minimum atomic E-state index is -4.64. The van der Waals surface area contributed by atoms with Gasteiger partial charge in [-0.1, -0.05) is 281 Å². The van der Waals surface area contributed by atoms with Gasteiger partial charge in [0.1, 0.15) is 19.8 Å². The van der Waals surface area contributed by atoms with Crippen molar-refractivity contribution in [2.75, 3.05) is 47.5 Å². The summed E-state index contributed by atoms with van der Waals surface area (Å²) < 4.78 is 34.2. The highest BCUT2D eigenvalue weighted by atomic mass is 31.2. The van der Waals surface area contributed by atoms with Crippen LogP contribution in [-0.4, -0.2) is 70.0 Å². The first-order chi connectivity index (χ1) is 36.0. The second-order valence-corrected chi connectivity index (χ2v) is 24.2. The van der Waals surface area contributed by atoms with Crippen molar-refractivity contribution in [3.8, 4) is 0 Å². The Hall–Kier alpha value is -1.77. The second-order valence-electron chi connectivity index (χ2n) is 22.8. The lowest BCUT2D eigenvalue weighted by Gasteiger charge is -2.28. The highest BCUT2D eigenvalue weighted by Crippen LogP contribution is 2.38. The minimum absolute atomic E-state index is 0.0293. The molecule has 0 aliphatic heterocycles. The van der Waals surface area contributed by atoms with E-state index in [0.29, 0.717) is 17.4 Å². The van der Waals surface area contributed by atoms with Crippen LogP contribution in [0.3, 0.4) is 0 Å². The van der Waals surface area contributed by atoms with Gasteiger partial charge >= 0.3 is 11.9 Å². The molecule has 74 heavy (non-hydrogen) atoms. The third kappa shape index (κ3) is 59.5. The number of phosphoric acid groups is 1. The van der Waals surface area contributed by atoms with Crippen molar-refractivity contribution in [3.63, 3.8) is 0 Å². The van der Waals surface area contributed by atoms with E-state index in [9.17, 15) is 19.0 Å². The number of unbranched alkanes of at least 4 members (excludes halogenated alkanes) is 39. The lowest BCUT2D eigenvalue weighted by atomic mass is 10.0. The van der Waals surface area contributed by atoms with E-state index in [1.54, 1.807) is 0 Å². The second kappa shape index (κ2) is 56.0. The third-order valence-electron chi connectivity index (χ3n) is 14.2. The average molecular weight is 1060 g/mol. The van der Waals surface area contributed by atoms with Gasteiger partial charge in [0.25, 0.3) is 7.82 Å². The topological polar surface area (TPSA) is 111 Å². The summed E-state index contributed by atoms with van der Waals surface area (Å²) in [5.41, 5.74) is 0. The summed E-state index contributed by atoms with van der Waals surface area (Å²) in [6, 6.07) is 0. The number of allylic oxidation sites excluding steroid dienone is 6. The number of rotatable bonds is 59. The summed E-state index contributed by atoms with van der Waals surface area (Å²) >= 11 is 0. The Labute approximate surface area is 459 Å². The largest absolute Gasteiger partial charge is 0.756 e. The van der Waals surface area contributed by atoms with E-state index < -0.39 is 26.5 Å². The van der Waals surface area contributed by atoms with Gasteiger partial charge in [-0.3, -0.25) is 14.2 Å². The highest BCUT2D eigenvalue weighted by molar-refractivity contribution is 7.45. The Balaban J connectivity index is 4.09. The Kier molecular flexibility index (Phi) is 54.6. The van der Waals surface area contributed by atoms with Gasteiger partial charge in [-0.15, -0.1) is 0 Å². The SMILES string of the molecule is CCCCCCC/C=C\C/C=C\C/C=C\CCCCCCCCCCCCCCC(=O)OC(COC(=O)CCCCCCCCCCCCCCCCCCCCCCCCC)COP(=O)([O-])OCC[N+](C)(C)C. The lowest BCUT2D eigenvalue weighted by Crippen LogP contribution is -2.37. The lowest BCUT2D eigenvalue weighted by molar-refractivity contribution is -0.870. The number of phosphoric ester groups is 1. The van der Waals surface area contributed by atoms with E-state index in [2.05, 4.69) is 50.3 Å². The molecule has 0 saturated carbocycles. The van der Waals surface area contributed by atoms with E-state index in [1.807, 2.05) is 21.1 Å². The fourth-order valence-electron chi connectivity index (χ4n) is 9.25. The van der Waals surface area contributed by atoms with E-state index in [0.717, 1.165) is 51.4 Å². The summed E-state index contributed by atoms with van der Waals surface area (Å²) in [4.78, 5) is 38.0. The predicted molar refractivity (Wildman–Crippen MR) is 314 cm³/mol. The maximum absolute atomic E-state index is 12.8. The Bertz CT molecular complexity index is 1340. The summed E-state index contributed by atoms with van der Waals surface area (Å²) in [5.74, 6) is -0.819. The third-order valence-corrected chi connectivity index (χ3v) is 15.1. The molecule has 0 N–H and O–H groups in total. The Morgan fingerprint density at radius 1 is 0.419 bits per heavy atom. The van der Waals surface area contributed by atoms with Crippen LogP contribution in [0.15, 0.2) is 36.5 Å². The minimum Gasteiger partial charge on any atom is -0.756 e. The van der Waals surface area contributed by atoms with Crippen LogP contribution in [0.2, 0.25) is 0 Å². The number of hydrogen-bond donors (Lipinski definition) is 0. The molecule has 0 fully saturated rings. The van der Waals surface area contributed by atoms with E-state index in [4.69, 9.17) is 18.5 Å². The van der Waals surface area contributed by atoms with Crippen molar-refractivity contribution in [2.45, 2.75) is 315 Å². The summed E-state index contributed by atoms with van der Waals surface area (Å²) in [5, 5.41) is 0. The predicted octanol–water partition coefficient (Wildman–Crippen LogP) is 19.3. The molecule has 0 aromatic heterocycles. The van der Waals surface area contributed by atoms with Gasteiger partial charge in [-0.25, -0.2) is 0 Å². The van der Waals surface area contributed by atoms with Crippen molar-refractivity contribution in [1.82, 2.24) is 0 Å². The first-order valence-corrected chi connectivity index (χ1v) is 33.2. The van der Waals surface area contributed by atoms with Gasteiger partial charge in [0.15, 0.2) is 6.10 Å². The molecule has 0 radical (unpaired) electrons. The van der Waals surface area contributed by atoms with Crippen LogP contribution in [0.4, 0.5) is 0 Å². The molecule has 2 unspecified atom stereocenters. The van der Waals surface area contributed by atoms with Crippen molar-refractivity contribution >= 4 is 19.8 Å². The first kappa shape index (κ1) is 72.2. The monoisotopic (exact) mass is 1060 g/mol. The average Bonchev–Trinajstić information content (AvgIpc) is 3.36. The summed E-state index contributed by atoms with van der Waals surface area (Å²) in [6.07, 6.45) is 69.1. The number of hydrogen-bond acceptors (Lipinski definition) is 8. The van der Waals surface area contributed by atoms with Crippen molar-refractivity contribution in [2.24, 2.45) is 0 Å². The quantitative estimate of drug-likeness (QED) is 0.0195. The van der Waals surface area contributed by atoms with Crippen molar-refractivity contribution in [3.05, 3.63) is 36.5 Å². The zero-order valence-corrected chi connectivity index (χ0v) is 50.5. The van der Waals surface area contributed by atoms with Gasteiger partial charge in [0, 0.05) is 12.8 Å². The molecule has 0 aliphatic carbocycles. The van der Waals surface area contributed by atoms with Crippen LogP contribution in [0, 0.1) is 0 Å². The van der Waals surface area contributed by atoms with Gasteiger partial charge < -0.3 is 27.9 Å². The summed E-state index contributed by atoms with van der Waals surface area (Å²) in [6.45, 7) is 4.28.